The molecule has 0 saturated carbocycles. The van der Waals surface area contributed by atoms with Crippen LogP contribution in [-0.2, 0) is 17.1 Å². The number of aromatic nitrogens is 2. The van der Waals surface area contributed by atoms with Gasteiger partial charge in [-0.1, -0.05) is 11.8 Å². The first-order valence-corrected chi connectivity index (χ1v) is 7.73. The number of nitrogens with one attached hydrogen (secondary N) is 1. The van der Waals surface area contributed by atoms with Gasteiger partial charge < -0.3 is 5.73 Å². The Labute approximate surface area is 124 Å². The molecule has 0 radical (unpaired) electrons. The summed E-state index contributed by atoms with van der Waals surface area (Å²) >= 11 is 0. The second-order valence-corrected chi connectivity index (χ2v) is 6.06. The van der Waals surface area contributed by atoms with Gasteiger partial charge in [0, 0.05) is 12.6 Å². The number of nitrogens with two attached hydrogens (primary N) is 1. The normalized spacial score (nSPS) is 10.8. The van der Waals surface area contributed by atoms with Crippen LogP contribution in [0.2, 0.25) is 0 Å². The van der Waals surface area contributed by atoms with Gasteiger partial charge in [0.25, 0.3) is 10.0 Å². The third-order valence-electron chi connectivity index (χ3n) is 2.86. The van der Waals surface area contributed by atoms with E-state index < -0.39 is 10.0 Å². The highest BCUT2D eigenvalue weighted by Crippen LogP contribution is 2.20. The van der Waals surface area contributed by atoms with Crippen molar-refractivity contribution in [1.82, 2.24) is 9.78 Å². The molecule has 0 spiro atoms. The number of rotatable bonds is 3. The number of aryl methyl sites for hydroxylation is 2. The highest BCUT2D eigenvalue weighted by Gasteiger charge is 2.18. The van der Waals surface area contributed by atoms with Crippen LogP contribution in [0.25, 0.3) is 0 Å². The van der Waals surface area contributed by atoms with Crippen LogP contribution in [0.1, 0.15) is 11.1 Å². The van der Waals surface area contributed by atoms with Crippen molar-refractivity contribution in [3.05, 3.63) is 41.6 Å². The van der Waals surface area contributed by atoms with E-state index in [2.05, 4.69) is 21.7 Å². The van der Waals surface area contributed by atoms with Gasteiger partial charge in [0.2, 0.25) is 0 Å². The zero-order chi connectivity index (χ0) is 15.5. The third kappa shape index (κ3) is 3.42. The van der Waals surface area contributed by atoms with Crippen LogP contribution in [0, 0.1) is 18.8 Å². The summed E-state index contributed by atoms with van der Waals surface area (Å²) in [5.74, 6) is 5.66. The van der Waals surface area contributed by atoms with E-state index in [9.17, 15) is 8.42 Å². The van der Waals surface area contributed by atoms with Crippen LogP contribution in [0.5, 0.6) is 0 Å². The maximum Gasteiger partial charge on any atom is 0.279 e. The van der Waals surface area contributed by atoms with E-state index in [1.807, 2.05) is 13.0 Å². The summed E-state index contributed by atoms with van der Waals surface area (Å²) in [6, 6.07) is 6.68. The number of sulfonamides is 1. The average molecular weight is 304 g/mol. The molecule has 0 aliphatic heterocycles. The lowest BCUT2D eigenvalue weighted by molar-refractivity contribution is 0.582. The van der Waals surface area contributed by atoms with E-state index in [1.165, 1.54) is 16.9 Å². The van der Waals surface area contributed by atoms with Crippen molar-refractivity contribution in [3.8, 4) is 11.8 Å². The highest BCUT2D eigenvalue weighted by atomic mass is 32.2. The summed E-state index contributed by atoms with van der Waals surface area (Å²) in [5, 5.41) is 3.97. The third-order valence-corrected chi connectivity index (χ3v) is 4.30. The Morgan fingerprint density at radius 1 is 1.38 bits per heavy atom. The van der Waals surface area contributed by atoms with Crippen molar-refractivity contribution in [2.45, 2.75) is 11.9 Å². The molecule has 110 valence electrons. The van der Waals surface area contributed by atoms with E-state index in [0.717, 1.165) is 11.1 Å². The maximum atomic E-state index is 12.3. The Morgan fingerprint density at radius 2 is 2.14 bits per heavy atom. The standard InChI is InChI=1S/C14H16N4O2S/c1-11-10-12(4-3-8-15)5-6-13(11)17-21(19,20)14-7-9-16-18(14)2/h5-7,9-10,17H,8,15H2,1-2H3. The van der Waals surface area contributed by atoms with Gasteiger partial charge in [-0.2, -0.15) is 13.5 Å². The van der Waals surface area contributed by atoms with Gasteiger partial charge in [-0.15, -0.1) is 0 Å². The topological polar surface area (TPSA) is 90.0 Å². The van der Waals surface area contributed by atoms with Gasteiger partial charge in [-0.05, 0) is 36.8 Å². The van der Waals surface area contributed by atoms with Gasteiger partial charge in [0.1, 0.15) is 0 Å². The molecule has 0 amide bonds. The van der Waals surface area contributed by atoms with Crippen molar-refractivity contribution in [1.29, 1.82) is 0 Å². The van der Waals surface area contributed by atoms with Crippen LogP contribution < -0.4 is 10.5 Å². The number of nitrogens with zero attached hydrogens (tertiary/aromatic N) is 2. The first-order chi connectivity index (χ1) is 9.94. The molecule has 1 aromatic heterocycles. The number of anilines is 1. The van der Waals surface area contributed by atoms with Gasteiger partial charge in [0.05, 0.1) is 18.4 Å². The molecule has 0 fully saturated rings. The van der Waals surface area contributed by atoms with Crippen LogP contribution >= 0.6 is 0 Å². The van der Waals surface area contributed by atoms with Gasteiger partial charge in [0.15, 0.2) is 5.03 Å². The number of benzene rings is 1. The number of hydrogen-bond acceptors (Lipinski definition) is 4. The fourth-order valence-electron chi connectivity index (χ4n) is 1.83. The largest absolute Gasteiger partial charge is 0.320 e. The fourth-order valence-corrected chi connectivity index (χ4v) is 3.09. The summed E-state index contributed by atoms with van der Waals surface area (Å²) in [5.41, 5.74) is 7.41. The zero-order valence-electron chi connectivity index (χ0n) is 11.8. The van der Waals surface area contributed by atoms with E-state index in [4.69, 9.17) is 5.73 Å². The average Bonchev–Trinajstić information content (AvgIpc) is 2.86. The minimum atomic E-state index is -3.66. The second-order valence-electron chi connectivity index (χ2n) is 4.43. The lowest BCUT2D eigenvalue weighted by atomic mass is 10.1. The summed E-state index contributed by atoms with van der Waals surface area (Å²) in [6.45, 7) is 2.10. The maximum absolute atomic E-state index is 12.3. The predicted molar refractivity (Wildman–Crippen MR) is 81.1 cm³/mol. The van der Waals surface area contributed by atoms with E-state index >= 15 is 0 Å². The second kappa shape index (κ2) is 5.99. The van der Waals surface area contributed by atoms with Crippen LogP contribution in [-0.4, -0.2) is 24.7 Å². The molecule has 0 aliphatic rings. The molecule has 21 heavy (non-hydrogen) atoms. The fraction of sp³-hybridized carbons (Fsp3) is 0.214. The predicted octanol–water partition coefficient (Wildman–Crippen LogP) is 0.840. The van der Waals surface area contributed by atoms with Crippen molar-refractivity contribution in [3.63, 3.8) is 0 Å². The van der Waals surface area contributed by atoms with E-state index in [1.54, 1.807) is 19.2 Å². The van der Waals surface area contributed by atoms with Crippen LogP contribution in [0.15, 0.2) is 35.5 Å². The van der Waals surface area contributed by atoms with Crippen molar-refractivity contribution in [2.24, 2.45) is 12.8 Å². The molecule has 0 atom stereocenters. The lowest BCUT2D eigenvalue weighted by Gasteiger charge is -2.10. The lowest BCUT2D eigenvalue weighted by Crippen LogP contribution is -2.17. The summed E-state index contributed by atoms with van der Waals surface area (Å²) in [4.78, 5) is 0. The first-order valence-electron chi connectivity index (χ1n) is 6.24. The molecule has 6 nitrogen and oxygen atoms in total. The highest BCUT2D eigenvalue weighted by molar-refractivity contribution is 7.92. The summed E-state index contributed by atoms with van der Waals surface area (Å²) in [6.07, 6.45) is 1.44. The quantitative estimate of drug-likeness (QED) is 0.822. The molecular weight excluding hydrogens is 288 g/mol. The first kappa shape index (κ1) is 15.1. The number of hydrogen-bond donors (Lipinski definition) is 2. The molecule has 7 heteroatoms. The molecule has 0 saturated heterocycles. The molecule has 0 unspecified atom stereocenters. The van der Waals surface area contributed by atoms with Crippen molar-refractivity contribution in [2.75, 3.05) is 11.3 Å². The molecule has 2 rings (SSSR count). The smallest absolute Gasteiger partial charge is 0.279 e. The SMILES string of the molecule is Cc1cc(C#CCN)ccc1NS(=O)(=O)c1ccnn1C. The molecule has 2 aromatic rings. The van der Waals surface area contributed by atoms with Gasteiger partial charge in [-0.25, -0.2) is 0 Å². The Morgan fingerprint density at radius 3 is 2.71 bits per heavy atom. The Kier molecular flexibility index (Phi) is 4.31. The van der Waals surface area contributed by atoms with Crippen molar-refractivity contribution >= 4 is 15.7 Å². The molecule has 3 N–H and O–H groups in total. The monoisotopic (exact) mass is 304 g/mol. The molecule has 1 heterocycles. The molecule has 0 bridgehead atoms. The van der Waals surface area contributed by atoms with Gasteiger partial charge >= 0.3 is 0 Å². The van der Waals surface area contributed by atoms with E-state index in [0.29, 0.717) is 5.69 Å². The molecule has 1 aromatic carbocycles. The van der Waals surface area contributed by atoms with E-state index in [-0.39, 0.29) is 11.6 Å². The molecular formula is C14H16N4O2S. The van der Waals surface area contributed by atoms with Gasteiger partial charge in [-0.3, -0.25) is 9.40 Å². The van der Waals surface area contributed by atoms with Crippen LogP contribution in [0.3, 0.4) is 0 Å². The zero-order valence-corrected chi connectivity index (χ0v) is 12.6. The summed E-state index contributed by atoms with van der Waals surface area (Å²) in [7, 11) is -2.08. The minimum absolute atomic E-state index is 0.105. The minimum Gasteiger partial charge on any atom is -0.320 e. The van der Waals surface area contributed by atoms with Crippen molar-refractivity contribution < 1.29 is 8.42 Å². The summed E-state index contributed by atoms with van der Waals surface area (Å²) < 4.78 is 28.4. The Bertz CT molecular complexity index is 813. The molecule has 0 aliphatic carbocycles. The van der Waals surface area contributed by atoms with Crippen LogP contribution in [0.4, 0.5) is 5.69 Å². The Hall–Kier alpha value is -2.30. The Balaban J connectivity index is 2.30.